The quantitative estimate of drug-likeness (QED) is 0.652. The summed E-state index contributed by atoms with van der Waals surface area (Å²) in [6, 6.07) is 0.435. The van der Waals surface area contributed by atoms with E-state index >= 15 is 0 Å². The second kappa shape index (κ2) is 7.31. The van der Waals surface area contributed by atoms with E-state index in [1.165, 1.54) is 19.0 Å². The summed E-state index contributed by atoms with van der Waals surface area (Å²) in [6.07, 6.45) is 6.22. The third-order valence-corrected chi connectivity index (χ3v) is 3.61. The average molecular weight is 308 g/mol. The maximum Gasteiger partial charge on any atom is 0.341 e. The van der Waals surface area contributed by atoms with E-state index < -0.39 is 5.97 Å². The molecule has 0 aromatic carbocycles. The molecule has 1 saturated carbocycles. The average Bonchev–Trinajstić information content (AvgIpc) is 2.91. The molecule has 6 nitrogen and oxygen atoms in total. The number of esters is 1. The van der Waals surface area contributed by atoms with Crippen molar-refractivity contribution in [2.24, 2.45) is 0 Å². The number of aryl methyl sites for hydroxylation is 1. The molecule has 2 N–H and O–H groups in total. The van der Waals surface area contributed by atoms with Gasteiger partial charge in [-0.05, 0) is 38.9 Å². The molecule has 21 heavy (non-hydrogen) atoms. The van der Waals surface area contributed by atoms with E-state index in [-0.39, 0.29) is 0 Å². The summed E-state index contributed by atoms with van der Waals surface area (Å²) in [5.74, 6) is -0.0238. The molecular formula is C14H20N4O2S. The topological polar surface area (TPSA) is 76.1 Å². The monoisotopic (exact) mass is 308 g/mol. The number of thiocarbonyl (C=S) groups is 1. The zero-order valence-electron chi connectivity index (χ0n) is 12.3. The fourth-order valence-corrected chi connectivity index (χ4v) is 2.59. The van der Waals surface area contributed by atoms with Crippen LogP contribution in [-0.2, 0) is 4.74 Å². The molecule has 1 aliphatic carbocycles. The molecule has 1 heterocycles. The SMILES string of the molecule is CCOC(=O)c1cnc(NC(=S)NC2CCCC2)nc1C. The number of ether oxygens (including phenoxy) is 1. The lowest BCUT2D eigenvalue weighted by Crippen LogP contribution is -2.36. The Hall–Kier alpha value is -1.76. The molecule has 1 aliphatic rings. The highest BCUT2D eigenvalue weighted by molar-refractivity contribution is 7.80. The number of nitrogens with one attached hydrogen (secondary N) is 2. The van der Waals surface area contributed by atoms with Crippen molar-refractivity contribution in [2.45, 2.75) is 45.6 Å². The molecular weight excluding hydrogens is 288 g/mol. The Labute approximate surface area is 129 Å². The van der Waals surface area contributed by atoms with Crippen molar-refractivity contribution in [3.63, 3.8) is 0 Å². The zero-order chi connectivity index (χ0) is 15.2. The van der Waals surface area contributed by atoms with Crippen LogP contribution in [0.1, 0.15) is 48.7 Å². The van der Waals surface area contributed by atoms with E-state index in [0.29, 0.717) is 35.0 Å². The lowest BCUT2D eigenvalue weighted by Gasteiger charge is -2.15. The summed E-state index contributed by atoms with van der Waals surface area (Å²) >= 11 is 5.25. The minimum absolute atomic E-state index is 0.327. The lowest BCUT2D eigenvalue weighted by molar-refractivity contribution is 0.0524. The van der Waals surface area contributed by atoms with Crippen molar-refractivity contribution in [3.8, 4) is 0 Å². The molecule has 1 aromatic rings. The molecule has 0 aliphatic heterocycles. The van der Waals surface area contributed by atoms with Gasteiger partial charge in [0, 0.05) is 12.2 Å². The van der Waals surface area contributed by atoms with Gasteiger partial charge in [0.25, 0.3) is 0 Å². The third kappa shape index (κ3) is 4.35. The third-order valence-electron chi connectivity index (χ3n) is 3.39. The van der Waals surface area contributed by atoms with Crippen LogP contribution in [0.4, 0.5) is 5.95 Å². The largest absolute Gasteiger partial charge is 0.462 e. The molecule has 0 spiro atoms. The van der Waals surface area contributed by atoms with Gasteiger partial charge in [-0.1, -0.05) is 12.8 Å². The normalized spacial score (nSPS) is 14.8. The molecule has 1 fully saturated rings. The van der Waals surface area contributed by atoms with E-state index in [1.54, 1.807) is 13.8 Å². The zero-order valence-corrected chi connectivity index (χ0v) is 13.1. The number of anilines is 1. The molecule has 114 valence electrons. The van der Waals surface area contributed by atoms with Crippen molar-refractivity contribution in [1.82, 2.24) is 15.3 Å². The summed E-state index contributed by atoms with van der Waals surface area (Å²) in [7, 11) is 0. The van der Waals surface area contributed by atoms with E-state index in [1.807, 2.05) is 0 Å². The fourth-order valence-electron chi connectivity index (χ4n) is 2.33. The molecule has 0 amide bonds. The van der Waals surface area contributed by atoms with Crippen LogP contribution >= 0.6 is 12.2 Å². The Morgan fingerprint density at radius 2 is 2.19 bits per heavy atom. The van der Waals surface area contributed by atoms with E-state index in [9.17, 15) is 4.79 Å². The number of nitrogens with zero attached hydrogens (tertiary/aromatic N) is 2. The first-order valence-electron chi connectivity index (χ1n) is 7.18. The van der Waals surface area contributed by atoms with Gasteiger partial charge in [0.05, 0.1) is 17.9 Å². The van der Waals surface area contributed by atoms with Gasteiger partial charge in [0.15, 0.2) is 5.11 Å². The van der Waals surface area contributed by atoms with Crippen LogP contribution < -0.4 is 10.6 Å². The fraction of sp³-hybridized carbons (Fsp3) is 0.571. The van der Waals surface area contributed by atoms with Crippen LogP contribution in [0.3, 0.4) is 0 Å². The Morgan fingerprint density at radius 1 is 1.48 bits per heavy atom. The molecule has 2 rings (SSSR count). The van der Waals surface area contributed by atoms with Crippen LogP contribution in [0.2, 0.25) is 0 Å². The van der Waals surface area contributed by atoms with Crippen molar-refractivity contribution in [1.29, 1.82) is 0 Å². The standard InChI is InChI=1S/C14H20N4O2S/c1-3-20-12(19)11-8-15-13(16-9(11)2)18-14(21)17-10-6-4-5-7-10/h8,10H,3-7H2,1-2H3,(H2,15,16,17,18,21). The Bertz CT molecular complexity index is 530. The number of carbonyl (C=O) groups excluding carboxylic acids is 1. The molecule has 0 atom stereocenters. The van der Waals surface area contributed by atoms with E-state index in [4.69, 9.17) is 17.0 Å². The smallest absolute Gasteiger partial charge is 0.341 e. The van der Waals surface area contributed by atoms with Crippen LogP contribution in [0, 0.1) is 6.92 Å². The van der Waals surface area contributed by atoms with E-state index in [0.717, 1.165) is 12.8 Å². The number of hydrogen-bond acceptors (Lipinski definition) is 5. The van der Waals surface area contributed by atoms with Gasteiger partial charge in [0.2, 0.25) is 5.95 Å². The number of carbonyl (C=O) groups is 1. The minimum atomic E-state index is -0.409. The van der Waals surface area contributed by atoms with Gasteiger partial charge in [-0.2, -0.15) is 0 Å². The van der Waals surface area contributed by atoms with Crippen molar-refractivity contribution >= 4 is 29.2 Å². The van der Waals surface area contributed by atoms with Crippen LogP contribution in [0.25, 0.3) is 0 Å². The first-order valence-corrected chi connectivity index (χ1v) is 7.59. The molecule has 0 radical (unpaired) electrons. The predicted molar refractivity (Wildman–Crippen MR) is 84.3 cm³/mol. The van der Waals surface area contributed by atoms with Gasteiger partial charge in [-0.3, -0.25) is 0 Å². The highest BCUT2D eigenvalue weighted by atomic mass is 32.1. The summed E-state index contributed by atoms with van der Waals surface area (Å²) in [5.41, 5.74) is 0.937. The molecule has 0 unspecified atom stereocenters. The number of aromatic nitrogens is 2. The Kier molecular flexibility index (Phi) is 5.44. The van der Waals surface area contributed by atoms with Gasteiger partial charge in [-0.15, -0.1) is 0 Å². The second-order valence-corrected chi connectivity index (χ2v) is 5.40. The number of hydrogen-bond donors (Lipinski definition) is 2. The van der Waals surface area contributed by atoms with Gasteiger partial charge < -0.3 is 15.4 Å². The molecule has 0 bridgehead atoms. The molecule has 0 saturated heterocycles. The van der Waals surface area contributed by atoms with Crippen LogP contribution in [0.15, 0.2) is 6.20 Å². The predicted octanol–water partition coefficient (Wildman–Crippen LogP) is 2.19. The maximum absolute atomic E-state index is 11.7. The highest BCUT2D eigenvalue weighted by Crippen LogP contribution is 2.17. The summed E-state index contributed by atoms with van der Waals surface area (Å²) in [6.45, 7) is 3.83. The summed E-state index contributed by atoms with van der Waals surface area (Å²) in [5, 5.41) is 6.73. The highest BCUT2D eigenvalue weighted by Gasteiger charge is 2.17. The first kappa shape index (κ1) is 15.6. The van der Waals surface area contributed by atoms with Gasteiger partial charge in [-0.25, -0.2) is 14.8 Å². The minimum Gasteiger partial charge on any atom is -0.462 e. The van der Waals surface area contributed by atoms with Crippen LogP contribution in [0.5, 0.6) is 0 Å². The summed E-state index contributed by atoms with van der Waals surface area (Å²) < 4.78 is 4.94. The van der Waals surface area contributed by atoms with Gasteiger partial charge in [0.1, 0.15) is 0 Å². The van der Waals surface area contributed by atoms with Gasteiger partial charge >= 0.3 is 5.97 Å². The number of rotatable bonds is 4. The summed E-state index contributed by atoms with van der Waals surface area (Å²) in [4.78, 5) is 20.0. The molecule has 1 aromatic heterocycles. The van der Waals surface area contributed by atoms with Crippen LogP contribution in [-0.4, -0.2) is 33.7 Å². The maximum atomic E-state index is 11.7. The van der Waals surface area contributed by atoms with Crippen molar-refractivity contribution in [3.05, 3.63) is 17.5 Å². The van der Waals surface area contributed by atoms with E-state index in [2.05, 4.69) is 20.6 Å². The second-order valence-electron chi connectivity index (χ2n) is 4.99. The Morgan fingerprint density at radius 3 is 2.81 bits per heavy atom. The van der Waals surface area contributed by atoms with Crippen molar-refractivity contribution < 1.29 is 9.53 Å². The first-order chi connectivity index (χ1) is 10.1. The molecule has 7 heteroatoms. The van der Waals surface area contributed by atoms with Crippen molar-refractivity contribution in [2.75, 3.05) is 11.9 Å². The Balaban J connectivity index is 1.96. The lowest BCUT2D eigenvalue weighted by atomic mass is 10.2.